The van der Waals surface area contributed by atoms with E-state index < -0.39 is 0 Å². The zero-order valence-corrected chi connectivity index (χ0v) is 22.0. The molecule has 0 saturated heterocycles. The molecule has 178 valence electrons. The Hall–Kier alpha value is -3.38. The predicted octanol–water partition coefficient (Wildman–Crippen LogP) is 4.01. The number of phenolic OH excluding ortho intramolecular Hbond substituents is 2. The van der Waals surface area contributed by atoms with Gasteiger partial charge in [0.15, 0.2) is 0 Å². The molecule has 2 N–H and O–H groups in total. The van der Waals surface area contributed by atoms with E-state index in [1.54, 1.807) is 80.9 Å². The molecule has 1 fully saturated rings. The molecule has 10 heteroatoms. The van der Waals surface area contributed by atoms with Crippen LogP contribution in [0.1, 0.15) is 0 Å². The van der Waals surface area contributed by atoms with Crippen molar-refractivity contribution >= 4 is 7.12 Å². The number of rotatable bonds is 3. The third-order valence-electron chi connectivity index (χ3n) is 4.35. The van der Waals surface area contributed by atoms with Gasteiger partial charge >= 0.3 is 26.2 Å². The molecule has 2 aromatic carbocycles. The third-order valence-corrected chi connectivity index (χ3v) is 4.35. The molecule has 1 aliphatic carbocycles. The van der Waals surface area contributed by atoms with E-state index in [4.69, 9.17) is 10.2 Å². The van der Waals surface area contributed by atoms with E-state index >= 15 is 0 Å². The molecular formula is C26H26BN6O2Zr+. The van der Waals surface area contributed by atoms with Gasteiger partial charge in [-0.15, -0.1) is 0 Å². The van der Waals surface area contributed by atoms with E-state index in [9.17, 15) is 0 Å². The molecule has 6 radical (unpaired) electrons. The molecule has 0 amide bonds. The van der Waals surface area contributed by atoms with E-state index in [0.717, 1.165) is 0 Å². The molecule has 3 heterocycles. The van der Waals surface area contributed by atoms with Crippen molar-refractivity contribution in [1.29, 1.82) is 0 Å². The molecule has 0 bridgehead atoms. The van der Waals surface area contributed by atoms with Crippen molar-refractivity contribution in [3.63, 3.8) is 0 Å². The molecule has 1 aliphatic rings. The average Bonchev–Trinajstić information content (AvgIpc) is 3.72. The van der Waals surface area contributed by atoms with E-state index in [1.807, 2.05) is 81.0 Å². The molecule has 1 saturated carbocycles. The van der Waals surface area contributed by atoms with Crippen molar-refractivity contribution < 1.29 is 36.4 Å². The van der Waals surface area contributed by atoms with Crippen LogP contribution in [0, 0.1) is 32.1 Å². The van der Waals surface area contributed by atoms with Crippen molar-refractivity contribution in [3.8, 4) is 11.5 Å². The Morgan fingerprint density at radius 1 is 0.472 bits per heavy atom. The smallest absolute Gasteiger partial charge is 0.508 e. The molecule has 6 rings (SSSR count). The van der Waals surface area contributed by atoms with Crippen LogP contribution in [0.25, 0.3) is 0 Å². The first-order valence-electron chi connectivity index (χ1n) is 10.9. The molecule has 8 nitrogen and oxygen atoms in total. The first-order chi connectivity index (χ1) is 17.2. The SMILES string of the molecule is Oc1ccccc1.Oc1ccccc1.[CH]1[CH][CH][CH][CH]1.[Zr+2].c1cnn([B-](n2cccn2)n2cccn2)c1. The van der Waals surface area contributed by atoms with Gasteiger partial charge in [0.05, 0.1) is 0 Å². The number of aromatic hydroxyl groups is 2. The summed E-state index contributed by atoms with van der Waals surface area (Å²) in [7, 11) is -0.194. The summed E-state index contributed by atoms with van der Waals surface area (Å²) in [5.41, 5.74) is 0. The van der Waals surface area contributed by atoms with Crippen molar-refractivity contribution in [1.82, 2.24) is 29.1 Å². The molecule has 0 aliphatic heterocycles. The number of benzene rings is 2. The van der Waals surface area contributed by atoms with Gasteiger partial charge in [-0.3, -0.25) is 0 Å². The summed E-state index contributed by atoms with van der Waals surface area (Å²) in [6.07, 6.45) is 20.9. The van der Waals surface area contributed by atoms with Gasteiger partial charge in [-0.05, 0) is 93.2 Å². The van der Waals surface area contributed by atoms with Crippen molar-refractivity contribution in [3.05, 3.63) is 148 Å². The molecular weight excluding hydrogens is 530 g/mol. The topological polar surface area (TPSA) is 93.9 Å². The third kappa shape index (κ3) is 10.5. The number of para-hydroxylation sites is 2. The Bertz CT molecular complexity index is 1010. The zero-order valence-electron chi connectivity index (χ0n) is 19.5. The summed E-state index contributed by atoms with van der Waals surface area (Å²) < 4.78 is 5.38. The maximum atomic E-state index is 8.63. The summed E-state index contributed by atoms with van der Waals surface area (Å²) >= 11 is 0. The number of hydrogen-bond acceptors (Lipinski definition) is 5. The van der Waals surface area contributed by atoms with Crippen molar-refractivity contribution in [2.75, 3.05) is 0 Å². The number of phenols is 2. The number of aromatic nitrogens is 6. The Morgan fingerprint density at radius 3 is 0.972 bits per heavy atom. The van der Waals surface area contributed by atoms with E-state index in [2.05, 4.69) is 15.3 Å². The Kier molecular flexibility index (Phi) is 13.7. The predicted molar refractivity (Wildman–Crippen MR) is 136 cm³/mol. The van der Waals surface area contributed by atoms with Crippen molar-refractivity contribution in [2.24, 2.45) is 0 Å². The summed E-state index contributed by atoms with van der Waals surface area (Å²) in [6.45, 7) is 0. The van der Waals surface area contributed by atoms with Gasteiger partial charge in [0.25, 0.3) is 7.12 Å². The molecule has 0 spiro atoms. The molecule has 3 aromatic heterocycles. The van der Waals surface area contributed by atoms with Gasteiger partial charge in [0.2, 0.25) is 0 Å². The average molecular weight is 557 g/mol. The fourth-order valence-electron chi connectivity index (χ4n) is 2.79. The van der Waals surface area contributed by atoms with Crippen LogP contribution in [0.5, 0.6) is 11.5 Å². The van der Waals surface area contributed by atoms with Crippen molar-refractivity contribution in [2.45, 2.75) is 0 Å². The van der Waals surface area contributed by atoms with Gasteiger partial charge in [-0.25, -0.2) is 15.3 Å². The second-order valence-electron chi connectivity index (χ2n) is 6.94. The summed E-state index contributed by atoms with van der Waals surface area (Å²) in [5.74, 6) is 0.644. The summed E-state index contributed by atoms with van der Waals surface area (Å²) in [4.78, 5) is 0. The van der Waals surface area contributed by atoms with Gasteiger partial charge < -0.3 is 24.0 Å². The summed E-state index contributed by atoms with van der Waals surface area (Å²) in [5, 5.41) is 29.9. The first kappa shape index (κ1) is 28.9. The zero-order chi connectivity index (χ0) is 24.6. The maximum Gasteiger partial charge on any atom is 2.00 e. The fourth-order valence-corrected chi connectivity index (χ4v) is 2.79. The fraction of sp³-hybridized carbons (Fsp3) is 0. The number of nitrogens with zero attached hydrogens (tertiary/aromatic N) is 6. The van der Waals surface area contributed by atoms with Crippen LogP contribution in [0.15, 0.2) is 116 Å². The van der Waals surface area contributed by atoms with Crippen LogP contribution in [0.2, 0.25) is 0 Å². The van der Waals surface area contributed by atoms with Crippen LogP contribution in [0.3, 0.4) is 0 Å². The van der Waals surface area contributed by atoms with Gasteiger partial charge in [0, 0.05) is 18.6 Å². The number of hydrogen-bond donors (Lipinski definition) is 2. The maximum absolute atomic E-state index is 8.63. The second-order valence-corrected chi connectivity index (χ2v) is 6.94. The Labute approximate surface area is 231 Å². The van der Waals surface area contributed by atoms with E-state index in [0.29, 0.717) is 11.5 Å². The Balaban J connectivity index is 0.000000190. The minimum absolute atomic E-state index is 0. The van der Waals surface area contributed by atoms with E-state index in [1.165, 1.54) is 0 Å². The molecule has 0 unspecified atom stereocenters. The quantitative estimate of drug-likeness (QED) is 0.328. The molecule has 5 aromatic rings. The van der Waals surface area contributed by atoms with E-state index in [-0.39, 0.29) is 33.3 Å². The van der Waals surface area contributed by atoms with Crippen LogP contribution in [-0.2, 0) is 26.2 Å². The van der Waals surface area contributed by atoms with Gasteiger partial charge in [-0.2, -0.15) is 0 Å². The van der Waals surface area contributed by atoms with Crippen LogP contribution in [0.4, 0.5) is 0 Å². The minimum atomic E-state index is -0.194. The normalized spacial score (nSPS) is 11.6. The standard InChI is InChI=1S/C9H9BN6.2C6H6O.C5H5.Zr/c1-4-11-14(7-1)10(15-8-2-5-12-15)16-9-3-6-13-16;2*7-6-4-2-1-3-5-6;1-2-4-5-3-1;/h1-9H;2*1-5,7H;1-5H;/q-1;;;;+2. The summed E-state index contributed by atoms with van der Waals surface area (Å²) in [6, 6.07) is 23.1. The monoisotopic (exact) mass is 555 g/mol. The largest absolute Gasteiger partial charge is 2.00 e. The molecule has 36 heavy (non-hydrogen) atoms. The van der Waals surface area contributed by atoms with Crippen LogP contribution >= 0.6 is 0 Å². The minimum Gasteiger partial charge on any atom is -0.508 e. The molecule has 0 atom stereocenters. The van der Waals surface area contributed by atoms with Crippen LogP contribution < -0.4 is 0 Å². The van der Waals surface area contributed by atoms with Gasteiger partial charge in [-0.1, -0.05) is 36.4 Å². The second kappa shape index (κ2) is 17.1. The van der Waals surface area contributed by atoms with Gasteiger partial charge in [0.1, 0.15) is 11.5 Å². The van der Waals surface area contributed by atoms with Crippen LogP contribution in [-0.4, -0.2) is 46.4 Å². The Morgan fingerprint density at radius 2 is 0.778 bits per heavy atom. The first-order valence-corrected chi connectivity index (χ1v) is 10.9.